The highest BCUT2D eigenvalue weighted by atomic mass is 32.2. The smallest absolute Gasteiger partial charge is 0.390 e. The molecular weight excluding hydrogens is 543 g/mol. The Bertz CT molecular complexity index is 1510. The van der Waals surface area contributed by atoms with E-state index >= 15 is 0 Å². The largest absolute Gasteiger partial charge is 0.416 e. The van der Waals surface area contributed by atoms with Crippen LogP contribution in [0.5, 0.6) is 0 Å². The third-order valence-corrected chi connectivity index (χ3v) is 8.55. The van der Waals surface area contributed by atoms with Gasteiger partial charge in [-0.2, -0.15) is 23.3 Å². The number of hydrogen-bond acceptors (Lipinski definition) is 7. The van der Waals surface area contributed by atoms with Crippen molar-refractivity contribution in [3.8, 4) is 0 Å². The van der Waals surface area contributed by atoms with Crippen LogP contribution >= 0.6 is 11.8 Å². The van der Waals surface area contributed by atoms with Crippen LogP contribution in [0.4, 0.5) is 13.2 Å². The number of hydrogen-bond donors (Lipinski definition) is 1. The Balaban J connectivity index is 1.17. The van der Waals surface area contributed by atoms with Crippen LogP contribution in [0.1, 0.15) is 22.3 Å². The van der Waals surface area contributed by atoms with Crippen LogP contribution in [-0.2, 0) is 22.3 Å². The number of carbonyl (C=O) groups excluding carboxylic acids is 1. The number of alkyl halides is 3. The second kappa shape index (κ2) is 10.7. The lowest BCUT2D eigenvalue weighted by Gasteiger charge is -2.33. The molecule has 1 amide bonds. The Kier molecular flexibility index (Phi) is 7.19. The second-order valence-electron chi connectivity index (χ2n) is 10.3. The number of likely N-dealkylation sites (tertiary alicyclic amines) is 1. The lowest BCUT2D eigenvalue weighted by atomic mass is 10.0. The number of β-amino-alcohol motifs (C(OH)–C–C–N with tert-alkyl or cyclic N) is 1. The summed E-state index contributed by atoms with van der Waals surface area (Å²) in [5.74, 6) is -0.334. The Morgan fingerprint density at radius 2 is 1.95 bits per heavy atom. The zero-order valence-corrected chi connectivity index (χ0v) is 22.6. The maximum Gasteiger partial charge on any atom is 0.416 e. The van der Waals surface area contributed by atoms with Gasteiger partial charge in [-0.1, -0.05) is 23.8 Å². The number of amides is 1. The van der Waals surface area contributed by atoms with Crippen molar-refractivity contribution in [2.24, 2.45) is 4.99 Å². The van der Waals surface area contributed by atoms with E-state index in [9.17, 15) is 23.1 Å². The van der Waals surface area contributed by atoms with Gasteiger partial charge in [0, 0.05) is 31.6 Å². The number of amidine groups is 1. The van der Waals surface area contributed by atoms with Gasteiger partial charge < -0.3 is 14.7 Å². The number of fused-ring (bicyclic) bond motifs is 1. The van der Waals surface area contributed by atoms with E-state index in [2.05, 4.69) is 15.0 Å². The van der Waals surface area contributed by atoms with Gasteiger partial charge in [0.1, 0.15) is 0 Å². The molecule has 2 saturated heterocycles. The molecule has 2 atom stereocenters. The van der Waals surface area contributed by atoms with Crippen LogP contribution < -0.4 is 0 Å². The van der Waals surface area contributed by atoms with E-state index in [0.717, 1.165) is 30.1 Å². The third kappa shape index (κ3) is 5.40. The molecule has 8 nitrogen and oxygen atoms in total. The zero-order chi connectivity index (χ0) is 28.0. The van der Waals surface area contributed by atoms with Gasteiger partial charge in [-0.25, -0.2) is 0 Å². The van der Waals surface area contributed by atoms with Gasteiger partial charge in [-0.3, -0.25) is 14.4 Å². The van der Waals surface area contributed by atoms with Gasteiger partial charge in [0.15, 0.2) is 5.17 Å². The number of aliphatic imine (C=N–C) groups is 1. The SMILES string of the molecule is Cc1ccc(Cn2ncc3cc(/C=C4\SC(N5C[C@H](O)[C@@H](N6CCOCC6)C5)=NC4=O)ccc32)c(C(F)(F)F)c1. The van der Waals surface area contributed by atoms with E-state index in [1.54, 1.807) is 36.0 Å². The summed E-state index contributed by atoms with van der Waals surface area (Å²) in [6.45, 7) is 5.46. The molecule has 0 unspecified atom stereocenters. The molecule has 3 aliphatic heterocycles. The number of morpholine rings is 1. The minimum absolute atomic E-state index is 0.0161. The van der Waals surface area contributed by atoms with Crippen molar-refractivity contribution in [2.75, 3.05) is 39.4 Å². The Hall–Kier alpha value is -3.19. The minimum atomic E-state index is -4.45. The summed E-state index contributed by atoms with van der Waals surface area (Å²) in [4.78, 5) is 21.6. The Morgan fingerprint density at radius 3 is 2.73 bits per heavy atom. The number of carbonyl (C=O) groups is 1. The molecule has 0 spiro atoms. The van der Waals surface area contributed by atoms with Gasteiger partial charge in [0.25, 0.3) is 5.91 Å². The summed E-state index contributed by atoms with van der Waals surface area (Å²) in [6, 6.07) is 9.75. The van der Waals surface area contributed by atoms with Crippen LogP contribution in [0.3, 0.4) is 0 Å². The van der Waals surface area contributed by atoms with Crippen molar-refractivity contribution >= 4 is 39.8 Å². The maximum absolute atomic E-state index is 13.6. The molecule has 2 aromatic carbocycles. The number of aliphatic hydroxyl groups is 1. The van der Waals surface area contributed by atoms with Gasteiger partial charge in [0.2, 0.25) is 0 Å². The normalized spacial score (nSPS) is 23.5. The maximum atomic E-state index is 13.6. The Morgan fingerprint density at radius 1 is 1.15 bits per heavy atom. The first-order chi connectivity index (χ1) is 19.2. The van der Waals surface area contributed by atoms with Crippen molar-refractivity contribution in [3.63, 3.8) is 0 Å². The van der Waals surface area contributed by atoms with Gasteiger partial charge >= 0.3 is 6.18 Å². The average Bonchev–Trinajstić information content (AvgIpc) is 3.62. The molecule has 210 valence electrons. The molecule has 1 N–H and O–H groups in total. The van der Waals surface area contributed by atoms with Gasteiger partial charge in [-0.15, -0.1) is 0 Å². The van der Waals surface area contributed by atoms with Crippen molar-refractivity contribution in [3.05, 3.63) is 69.8 Å². The first-order valence-electron chi connectivity index (χ1n) is 13.1. The van der Waals surface area contributed by atoms with Crippen molar-refractivity contribution in [2.45, 2.75) is 31.8 Å². The van der Waals surface area contributed by atoms with Crippen LogP contribution in [0.15, 0.2) is 52.5 Å². The van der Waals surface area contributed by atoms with Crippen molar-refractivity contribution in [1.82, 2.24) is 19.6 Å². The van der Waals surface area contributed by atoms with Crippen LogP contribution in [0.25, 0.3) is 17.0 Å². The molecule has 3 aliphatic rings. The standard InChI is InChI=1S/C28H28F3N5O3S/c1-17-2-4-19(21(10-17)28(29,30)31)14-36-22-5-3-18(11-20(22)13-32-36)12-25-26(38)33-27(40-25)35-15-23(24(37)16-35)34-6-8-39-9-7-34/h2-5,10-13,23-24,37H,6-9,14-16H2,1H3/b25-12-/t23-,24-/m0/s1. The number of ether oxygens (including phenoxy) is 1. The molecule has 0 aliphatic carbocycles. The summed E-state index contributed by atoms with van der Waals surface area (Å²) in [5.41, 5.74) is 1.49. The van der Waals surface area contributed by atoms with Crippen LogP contribution in [0, 0.1) is 6.92 Å². The summed E-state index contributed by atoms with van der Waals surface area (Å²) in [7, 11) is 0. The summed E-state index contributed by atoms with van der Waals surface area (Å²) >= 11 is 1.28. The highest BCUT2D eigenvalue weighted by Crippen LogP contribution is 2.35. The van der Waals surface area contributed by atoms with Crippen LogP contribution in [-0.4, -0.2) is 87.3 Å². The quantitative estimate of drug-likeness (QED) is 0.478. The number of thioether (sulfide) groups is 1. The number of halogens is 3. The first-order valence-corrected chi connectivity index (χ1v) is 13.9. The average molecular weight is 572 g/mol. The lowest BCUT2D eigenvalue weighted by Crippen LogP contribution is -2.48. The highest BCUT2D eigenvalue weighted by molar-refractivity contribution is 8.18. The van der Waals surface area contributed by atoms with Crippen molar-refractivity contribution in [1.29, 1.82) is 0 Å². The fraction of sp³-hybridized carbons (Fsp3) is 0.393. The van der Waals surface area contributed by atoms with Gasteiger partial charge in [0.05, 0.1) is 54.1 Å². The van der Waals surface area contributed by atoms with E-state index in [1.807, 2.05) is 17.0 Å². The van der Waals surface area contributed by atoms with E-state index in [4.69, 9.17) is 4.74 Å². The molecule has 6 rings (SSSR count). The van der Waals surface area contributed by atoms with Crippen LogP contribution in [0.2, 0.25) is 0 Å². The number of aromatic nitrogens is 2. The predicted molar refractivity (Wildman–Crippen MR) is 147 cm³/mol. The van der Waals surface area contributed by atoms with Gasteiger partial charge in [-0.05, 0) is 54.1 Å². The van der Waals surface area contributed by atoms with E-state index < -0.39 is 17.8 Å². The number of rotatable bonds is 4. The topological polar surface area (TPSA) is 83.2 Å². The monoisotopic (exact) mass is 571 g/mol. The molecule has 12 heteroatoms. The molecule has 3 aromatic rings. The zero-order valence-electron chi connectivity index (χ0n) is 21.8. The van der Waals surface area contributed by atoms with E-state index in [-0.39, 0.29) is 24.1 Å². The third-order valence-electron chi connectivity index (χ3n) is 7.51. The number of benzene rings is 2. The molecule has 0 bridgehead atoms. The fourth-order valence-electron chi connectivity index (χ4n) is 5.45. The number of aryl methyl sites for hydroxylation is 1. The van der Waals surface area contributed by atoms with Crippen molar-refractivity contribution < 1.29 is 27.8 Å². The predicted octanol–water partition coefficient (Wildman–Crippen LogP) is 3.76. The molecular formula is C28H28F3N5O3S. The molecule has 0 saturated carbocycles. The second-order valence-corrected chi connectivity index (χ2v) is 11.3. The number of aliphatic hydroxyl groups excluding tert-OH is 1. The molecule has 40 heavy (non-hydrogen) atoms. The van der Waals surface area contributed by atoms with E-state index in [1.165, 1.54) is 17.8 Å². The summed E-state index contributed by atoms with van der Waals surface area (Å²) in [5, 5.41) is 16.3. The Labute approximate surface area is 233 Å². The summed E-state index contributed by atoms with van der Waals surface area (Å²) in [6.07, 6.45) is -1.61. The fourth-order valence-corrected chi connectivity index (χ4v) is 6.38. The molecule has 4 heterocycles. The minimum Gasteiger partial charge on any atom is -0.390 e. The first kappa shape index (κ1) is 27.0. The molecule has 1 aromatic heterocycles. The lowest BCUT2D eigenvalue weighted by molar-refractivity contribution is -0.138. The summed E-state index contributed by atoms with van der Waals surface area (Å²) < 4.78 is 47.8. The molecule has 0 radical (unpaired) electrons. The molecule has 2 fully saturated rings. The number of nitrogens with zero attached hydrogens (tertiary/aromatic N) is 5. The van der Waals surface area contributed by atoms with E-state index in [0.29, 0.717) is 47.5 Å². The highest BCUT2D eigenvalue weighted by Gasteiger charge is 2.39.